The molecule has 0 unspecified atom stereocenters. The molecule has 3 heteroatoms. The van der Waals surface area contributed by atoms with Crippen molar-refractivity contribution in [3.63, 3.8) is 0 Å². The fraction of sp³-hybridized carbons (Fsp3) is 0.182. The zero-order valence-corrected chi connectivity index (χ0v) is 13.9. The van der Waals surface area contributed by atoms with Crippen LogP contribution >= 0.6 is 0 Å². The minimum absolute atomic E-state index is 0.0282. The van der Waals surface area contributed by atoms with E-state index in [9.17, 15) is 9.59 Å². The van der Waals surface area contributed by atoms with Crippen molar-refractivity contribution >= 4 is 17.3 Å². The Balaban J connectivity index is 2.06. The molecule has 0 heterocycles. The molecule has 1 aliphatic carbocycles. The zero-order valence-electron chi connectivity index (χ0n) is 13.9. The van der Waals surface area contributed by atoms with Crippen molar-refractivity contribution in [1.82, 2.24) is 0 Å². The van der Waals surface area contributed by atoms with Gasteiger partial charge in [0.2, 0.25) is 0 Å². The lowest BCUT2D eigenvalue weighted by atomic mass is 9.72. The normalized spacial score (nSPS) is 19.8. The van der Waals surface area contributed by atoms with Crippen molar-refractivity contribution in [2.45, 2.75) is 12.3 Å². The Kier molecular flexibility index (Phi) is 5.24. The second-order valence-corrected chi connectivity index (χ2v) is 6.05. The first kappa shape index (κ1) is 16.9. The van der Waals surface area contributed by atoms with Crippen LogP contribution in [0.5, 0.6) is 0 Å². The lowest BCUT2D eigenvalue weighted by Crippen LogP contribution is -2.31. The molecule has 25 heavy (non-hydrogen) atoms. The molecular weight excluding hydrogens is 312 g/mol. The largest absolute Gasteiger partial charge is 0.461 e. The van der Waals surface area contributed by atoms with Crippen molar-refractivity contribution in [2.24, 2.45) is 5.92 Å². The van der Waals surface area contributed by atoms with Crippen molar-refractivity contribution < 1.29 is 14.3 Å². The van der Waals surface area contributed by atoms with Gasteiger partial charge in [0.05, 0.1) is 5.92 Å². The highest BCUT2D eigenvalue weighted by Crippen LogP contribution is 2.42. The van der Waals surface area contributed by atoms with Crippen LogP contribution in [-0.2, 0) is 14.3 Å². The maximum absolute atomic E-state index is 12.8. The first-order chi connectivity index (χ1) is 12.2. The van der Waals surface area contributed by atoms with Crippen LogP contribution in [0.2, 0.25) is 0 Å². The zero-order chi connectivity index (χ0) is 17.6. The number of esters is 1. The van der Waals surface area contributed by atoms with E-state index in [4.69, 9.17) is 4.74 Å². The van der Waals surface area contributed by atoms with Crippen LogP contribution in [-0.4, -0.2) is 18.4 Å². The molecular formula is C22H20O3. The van der Waals surface area contributed by atoms with E-state index < -0.39 is 5.92 Å². The average molecular weight is 332 g/mol. The maximum Gasteiger partial charge on any atom is 0.314 e. The Bertz CT molecular complexity index is 791. The van der Waals surface area contributed by atoms with Gasteiger partial charge in [0, 0.05) is 12.3 Å². The molecule has 0 saturated heterocycles. The molecule has 0 fully saturated rings. The second-order valence-electron chi connectivity index (χ2n) is 6.05. The van der Waals surface area contributed by atoms with Gasteiger partial charge in [0.15, 0.2) is 5.78 Å². The first-order valence-electron chi connectivity index (χ1n) is 8.33. The van der Waals surface area contributed by atoms with E-state index in [2.05, 4.69) is 6.58 Å². The smallest absolute Gasteiger partial charge is 0.314 e. The third-order valence-electron chi connectivity index (χ3n) is 4.41. The number of rotatable bonds is 5. The molecule has 0 radical (unpaired) electrons. The first-order valence-corrected chi connectivity index (χ1v) is 8.33. The molecule has 3 nitrogen and oxygen atoms in total. The summed E-state index contributed by atoms with van der Waals surface area (Å²) in [4.78, 5) is 25.2. The SMILES string of the molecule is C=CCOC(=O)[C@@H]1C(c2ccccc2)=CC(=O)C[C@H]1c1ccccc1. The summed E-state index contributed by atoms with van der Waals surface area (Å²) in [6.07, 6.45) is 3.44. The summed E-state index contributed by atoms with van der Waals surface area (Å²) in [7, 11) is 0. The highest BCUT2D eigenvalue weighted by Gasteiger charge is 2.38. The summed E-state index contributed by atoms with van der Waals surface area (Å²) in [6.45, 7) is 3.76. The Morgan fingerprint density at radius 3 is 2.36 bits per heavy atom. The molecule has 0 aliphatic heterocycles. The number of ether oxygens (including phenoxy) is 1. The summed E-state index contributed by atoms with van der Waals surface area (Å²) in [5, 5.41) is 0. The van der Waals surface area contributed by atoms with Crippen LogP contribution in [0.3, 0.4) is 0 Å². The van der Waals surface area contributed by atoms with Gasteiger partial charge >= 0.3 is 5.97 Å². The van der Waals surface area contributed by atoms with Crippen LogP contribution in [0.1, 0.15) is 23.5 Å². The second kappa shape index (κ2) is 7.75. The molecule has 3 rings (SSSR count). The van der Waals surface area contributed by atoms with Crippen molar-refractivity contribution in [3.05, 3.63) is 90.5 Å². The Morgan fingerprint density at radius 2 is 1.72 bits per heavy atom. The number of benzene rings is 2. The quantitative estimate of drug-likeness (QED) is 0.609. The van der Waals surface area contributed by atoms with Crippen LogP contribution in [0, 0.1) is 5.92 Å². The van der Waals surface area contributed by atoms with Gasteiger partial charge in [-0.2, -0.15) is 0 Å². The minimum Gasteiger partial charge on any atom is -0.461 e. The number of hydrogen-bond acceptors (Lipinski definition) is 3. The summed E-state index contributed by atoms with van der Waals surface area (Å²) < 4.78 is 5.36. The molecule has 2 aromatic carbocycles. The monoisotopic (exact) mass is 332 g/mol. The van der Waals surface area contributed by atoms with Gasteiger partial charge in [0.1, 0.15) is 6.61 Å². The van der Waals surface area contributed by atoms with Gasteiger partial charge in [-0.3, -0.25) is 9.59 Å². The topological polar surface area (TPSA) is 43.4 Å². The van der Waals surface area contributed by atoms with Gasteiger partial charge in [-0.25, -0.2) is 0 Å². The molecule has 1 aliphatic rings. The van der Waals surface area contributed by atoms with Crippen molar-refractivity contribution in [2.75, 3.05) is 6.61 Å². The Labute approximate surface area is 147 Å². The van der Waals surface area contributed by atoms with Gasteiger partial charge in [0.25, 0.3) is 0 Å². The fourth-order valence-corrected chi connectivity index (χ4v) is 3.30. The number of ketones is 1. The predicted octanol–water partition coefficient (Wildman–Crippen LogP) is 4.17. The van der Waals surface area contributed by atoms with E-state index in [0.717, 1.165) is 16.7 Å². The molecule has 0 spiro atoms. The van der Waals surface area contributed by atoms with Gasteiger partial charge in [-0.1, -0.05) is 73.3 Å². The molecule has 0 aromatic heterocycles. The Morgan fingerprint density at radius 1 is 1.08 bits per heavy atom. The van der Waals surface area contributed by atoms with E-state index in [1.807, 2.05) is 60.7 Å². The molecule has 2 aromatic rings. The molecule has 0 bridgehead atoms. The number of allylic oxidation sites excluding steroid dienone is 1. The molecule has 126 valence electrons. The van der Waals surface area contributed by atoms with E-state index in [1.165, 1.54) is 0 Å². The third kappa shape index (κ3) is 3.77. The van der Waals surface area contributed by atoms with Gasteiger partial charge < -0.3 is 4.74 Å². The molecule has 0 N–H and O–H groups in total. The number of hydrogen-bond donors (Lipinski definition) is 0. The molecule has 2 atom stereocenters. The van der Waals surface area contributed by atoms with Crippen LogP contribution in [0.15, 0.2) is 79.4 Å². The summed E-state index contributed by atoms with van der Waals surface area (Å²) >= 11 is 0. The molecule has 0 saturated carbocycles. The van der Waals surface area contributed by atoms with Crippen LogP contribution < -0.4 is 0 Å². The lowest BCUT2D eigenvalue weighted by molar-refractivity contribution is -0.146. The summed E-state index contributed by atoms with van der Waals surface area (Å²) in [6, 6.07) is 19.2. The summed E-state index contributed by atoms with van der Waals surface area (Å²) in [5.74, 6) is -1.04. The van der Waals surface area contributed by atoms with Crippen LogP contribution in [0.4, 0.5) is 0 Å². The van der Waals surface area contributed by atoms with E-state index in [1.54, 1.807) is 12.2 Å². The van der Waals surface area contributed by atoms with Crippen molar-refractivity contribution in [1.29, 1.82) is 0 Å². The fourth-order valence-electron chi connectivity index (χ4n) is 3.30. The minimum atomic E-state index is -0.512. The van der Waals surface area contributed by atoms with Crippen LogP contribution in [0.25, 0.3) is 5.57 Å². The van der Waals surface area contributed by atoms with E-state index in [0.29, 0.717) is 6.42 Å². The highest BCUT2D eigenvalue weighted by atomic mass is 16.5. The molecule has 0 amide bonds. The standard InChI is InChI=1S/C22H20O3/c1-2-13-25-22(24)21-19(16-9-5-3-6-10-16)14-18(23)15-20(21)17-11-7-4-8-12-17/h2-12,14,20-21H,1,13,15H2/t20-,21+/m0/s1. The van der Waals surface area contributed by atoms with E-state index >= 15 is 0 Å². The van der Waals surface area contributed by atoms with Gasteiger partial charge in [-0.05, 0) is 22.8 Å². The highest BCUT2D eigenvalue weighted by molar-refractivity contribution is 6.04. The average Bonchev–Trinajstić information content (AvgIpc) is 2.66. The Hall–Kier alpha value is -2.94. The lowest BCUT2D eigenvalue weighted by Gasteiger charge is -2.31. The van der Waals surface area contributed by atoms with Gasteiger partial charge in [-0.15, -0.1) is 0 Å². The summed E-state index contributed by atoms with van der Waals surface area (Å²) in [5.41, 5.74) is 2.56. The number of carbonyl (C=O) groups excluding carboxylic acids is 2. The van der Waals surface area contributed by atoms with Crippen molar-refractivity contribution in [3.8, 4) is 0 Å². The predicted molar refractivity (Wildman–Crippen MR) is 97.9 cm³/mol. The van der Waals surface area contributed by atoms with E-state index in [-0.39, 0.29) is 24.3 Å². The maximum atomic E-state index is 12.8. The number of carbonyl (C=O) groups is 2. The third-order valence-corrected chi connectivity index (χ3v) is 4.41.